The SMILES string of the molecule is CCOC(=O)C1=C(C)N=c2s/c(=C\c3ccc(OCc4ccc(C(=O)OCC)cc4)c(Br)c3)c(=O)n2[C@@H]1c1cc(OC)c(OC)cc1Br. The van der Waals surface area contributed by atoms with Crippen LogP contribution in [0, 0.1) is 0 Å². The molecule has 4 aromatic rings. The predicted octanol–water partition coefficient (Wildman–Crippen LogP) is 6.10. The third-order valence-electron chi connectivity index (χ3n) is 7.43. The summed E-state index contributed by atoms with van der Waals surface area (Å²) in [7, 11) is 3.05. The third-order valence-corrected chi connectivity index (χ3v) is 9.72. The summed E-state index contributed by atoms with van der Waals surface area (Å²) in [6, 6.07) is 15.2. The number of hydrogen-bond donors (Lipinski definition) is 0. The minimum atomic E-state index is -0.842. The number of halogens is 2. The molecule has 5 rings (SSSR count). The molecule has 0 fully saturated rings. The van der Waals surface area contributed by atoms with Crippen LogP contribution in [-0.4, -0.2) is 43.9 Å². The van der Waals surface area contributed by atoms with E-state index in [1.807, 2.05) is 30.3 Å². The maximum absolute atomic E-state index is 14.1. The van der Waals surface area contributed by atoms with Crippen molar-refractivity contribution in [3.63, 3.8) is 0 Å². The lowest BCUT2D eigenvalue weighted by Gasteiger charge is -2.26. The van der Waals surface area contributed by atoms with E-state index in [0.717, 1.165) is 11.1 Å². The second-order valence-electron chi connectivity index (χ2n) is 10.4. The maximum Gasteiger partial charge on any atom is 0.338 e. The number of aromatic nitrogens is 1. The van der Waals surface area contributed by atoms with Crippen LogP contribution in [0.15, 0.2) is 84.6 Å². The van der Waals surface area contributed by atoms with Gasteiger partial charge in [-0.1, -0.05) is 45.5 Å². The fourth-order valence-corrected chi connectivity index (χ4v) is 7.25. The van der Waals surface area contributed by atoms with Crippen molar-refractivity contribution in [2.24, 2.45) is 4.99 Å². The minimum Gasteiger partial charge on any atom is -0.493 e. The average molecular weight is 801 g/mol. The Morgan fingerprint density at radius 1 is 0.896 bits per heavy atom. The molecular formula is C35H32Br2N2O8S. The van der Waals surface area contributed by atoms with Gasteiger partial charge in [-0.3, -0.25) is 9.36 Å². The van der Waals surface area contributed by atoms with Gasteiger partial charge in [-0.15, -0.1) is 0 Å². The predicted molar refractivity (Wildman–Crippen MR) is 189 cm³/mol. The highest BCUT2D eigenvalue weighted by Gasteiger charge is 2.35. The zero-order valence-electron chi connectivity index (χ0n) is 26.8. The number of hydrogen-bond acceptors (Lipinski definition) is 10. The minimum absolute atomic E-state index is 0.163. The number of ether oxygens (including phenoxy) is 5. The van der Waals surface area contributed by atoms with Gasteiger partial charge in [0.05, 0.1) is 59.3 Å². The van der Waals surface area contributed by atoms with Crippen molar-refractivity contribution < 1.29 is 33.3 Å². The number of rotatable bonds is 11. The summed E-state index contributed by atoms with van der Waals surface area (Å²) in [5.74, 6) is 0.611. The number of thiazole rings is 1. The zero-order valence-corrected chi connectivity index (χ0v) is 30.8. The van der Waals surface area contributed by atoms with Crippen LogP contribution in [0.5, 0.6) is 17.2 Å². The third kappa shape index (κ3) is 7.27. The van der Waals surface area contributed by atoms with Gasteiger partial charge in [-0.05, 0) is 95.9 Å². The second kappa shape index (κ2) is 15.3. The molecule has 250 valence electrons. The van der Waals surface area contributed by atoms with Gasteiger partial charge >= 0.3 is 11.9 Å². The highest BCUT2D eigenvalue weighted by Crippen LogP contribution is 2.41. The number of benzene rings is 3. The quantitative estimate of drug-likeness (QED) is 0.168. The van der Waals surface area contributed by atoms with Crippen LogP contribution in [0.4, 0.5) is 0 Å². The molecule has 0 unspecified atom stereocenters. The van der Waals surface area contributed by atoms with Crippen LogP contribution in [0.1, 0.15) is 53.9 Å². The highest BCUT2D eigenvalue weighted by molar-refractivity contribution is 9.10. The molecule has 0 saturated heterocycles. The van der Waals surface area contributed by atoms with Crippen molar-refractivity contribution in [1.29, 1.82) is 0 Å². The van der Waals surface area contributed by atoms with Gasteiger partial charge in [0.25, 0.3) is 5.56 Å². The number of carbonyl (C=O) groups is 2. The van der Waals surface area contributed by atoms with E-state index in [2.05, 4.69) is 36.9 Å². The molecule has 2 heterocycles. The molecule has 1 aliphatic rings. The highest BCUT2D eigenvalue weighted by atomic mass is 79.9. The maximum atomic E-state index is 14.1. The molecule has 0 amide bonds. The Morgan fingerprint density at radius 3 is 2.21 bits per heavy atom. The topological polar surface area (TPSA) is 115 Å². The smallest absolute Gasteiger partial charge is 0.338 e. The van der Waals surface area contributed by atoms with Crippen LogP contribution in [0.3, 0.4) is 0 Å². The van der Waals surface area contributed by atoms with Crippen LogP contribution in [-0.2, 0) is 20.9 Å². The molecule has 3 aromatic carbocycles. The van der Waals surface area contributed by atoms with Gasteiger partial charge in [0, 0.05) is 4.47 Å². The Labute approximate surface area is 297 Å². The molecule has 0 spiro atoms. The van der Waals surface area contributed by atoms with Crippen LogP contribution >= 0.6 is 43.2 Å². The van der Waals surface area contributed by atoms with Crippen LogP contribution in [0.25, 0.3) is 6.08 Å². The summed E-state index contributed by atoms with van der Waals surface area (Å²) in [6.45, 7) is 5.99. The van der Waals surface area contributed by atoms with Crippen molar-refractivity contribution in [3.05, 3.63) is 117 Å². The lowest BCUT2D eigenvalue weighted by atomic mass is 9.95. The number of esters is 2. The Balaban J connectivity index is 1.49. The van der Waals surface area contributed by atoms with Gasteiger partial charge in [-0.25, -0.2) is 14.6 Å². The van der Waals surface area contributed by atoms with Crippen molar-refractivity contribution in [3.8, 4) is 17.2 Å². The van der Waals surface area contributed by atoms with Gasteiger partial charge in [0.15, 0.2) is 16.3 Å². The first-order valence-electron chi connectivity index (χ1n) is 14.9. The number of carbonyl (C=O) groups excluding carboxylic acids is 2. The summed E-state index contributed by atoms with van der Waals surface area (Å²) in [4.78, 5) is 44.4. The van der Waals surface area contributed by atoms with E-state index < -0.39 is 12.0 Å². The molecule has 0 bridgehead atoms. The van der Waals surface area contributed by atoms with E-state index in [1.54, 1.807) is 51.1 Å². The fraction of sp³-hybridized carbons (Fsp3) is 0.257. The summed E-state index contributed by atoms with van der Waals surface area (Å²) < 4.78 is 30.7. The Hall–Kier alpha value is -4.20. The van der Waals surface area contributed by atoms with Crippen molar-refractivity contribution >= 4 is 61.2 Å². The first-order valence-corrected chi connectivity index (χ1v) is 17.3. The average Bonchev–Trinajstić information content (AvgIpc) is 3.37. The van der Waals surface area contributed by atoms with E-state index in [4.69, 9.17) is 23.7 Å². The van der Waals surface area contributed by atoms with Crippen LogP contribution in [0.2, 0.25) is 0 Å². The number of methoxy groups -OCH3 is 2. The van der Waals surface area contributed by atoms with E-state index in [9.17, 15) is 14.4 Å². The van der Waals surface area contributed by atoms with Crippen molar-refractivity contribution in [1.82, 2.24) is 4.57 Å². The summed E-state index contributed by atoms with van der Waals surface area (Å²) >= 11 is 8.43. The molecular weight excluding hydrogens is 768 g/mol. The number of allylic oxidation sites excluding steroid dienone is 1. The second-order valence-corrected chi connectivity index (χ2v) is 13.1. The summed E-state index contributed by atoms with van der Waals surface area (Å²) in [6.07, 6.45) is 1.77. The molecule has 13 heteroatoms. The molecule has 1 aliphatic heterocycles. The summed E-state index contributed by atoms with van der Waals surface area (Å²) in [5, 5.41) is 0. The largest absolute Gasteiger partial charge is 0.493 e. The molecule has 10 nitrogen and oxygen atoms in total. The molecule has 0 N–H and O–H groups in total. The fourth-order valence-electron chi connectivity index (χ4n) is 5.15. The molecule has 48 heavy (non-hydrogen) atoms. The van der Waals surface area contributed by atoms with E-state index in [1.165, 1.54) is 30.1 Å². The van der Waals surface area contributed by atoms with Gasteiger partial charge in [0.2, 0.25) is 0 Å². The first kappa shape index (κ1) is 35.1. The monoisotopic (exact) mass is 798 g/mol. The Bertz CT molecular complexity index is 2090. The van der Waals surface area contributed by atoms with Crippen LogP contribution < -0.4 is 29.1 Å². The summed E-state index contributed by atoms with van der Waals surface area (Å²) in [5.41, 5.74) is 3.11. The number of nitrogens with zero attached hydrogens (tertiary/aromatic N) is 2. The van der Waals surface area contributed by atoms with E-state index in [0.29, 0.717) is 59.0 Å². The normalized spacial score (nSPS) is 14.2. The molecule has 1 atom stereocenters. The van der Waals surface area contributed by atoms with Crippen molar-refractivity contribution in [2.45, 2.75) is 33.4 Å². The lowest BCUT2D eigenvalue weighted by molar-refractivity contribution is -0.139. The zero-order chi connectivity index (χ0) is 34.5. The van der Waals surface area contributed by atoms with Crippen molar-refractivity contribution in [2.75, 3.05) is 27.4 Å². The van der Waals surface area contributed by atoms with E-state index in [-0.39, 0.29) is 30.3 Å². The van der Waals surface area contributed by atoms with Gasteiger partial charge in [-0.2, -0.15) is 0 Å². The standard InChI is InChI=1S/C35H32Br2N2O8S/c1-6-45-33(41)22-11-8-20(9-12-22)18-47-26-13-10-21(14-25(26)37)15-29-32(40)39-31(23-16-27(43-4)28(44-5)17-24(23)36)30(34(42)46-7-2)19(3)38-35(39)48-29/h8-17,31H,6-7,18H2,1-5H3/b29-15-/t31-/m1/s1. The molecule has 0 aliphatic carbocycles. The number of fused-ring (bicyclic) bond motifs is 1. The Morgan fingerprint density at radius 2 is 1.56 bits per heavy atom. The van der Waals surface area contributed by atoms with Gasteiger partial charge < -0.3 is 23.7 Å². The van der Waals surface area contributed by atoms with E-state index >= 15 is 0 Å². The first-order chi connectivity index (χ1) is 23.1. The lowest BCUT2D eigenvalue weighted by Crippen LogP contribution is -2.40. The van der Waals surface area contributed by atoms with Gasteiger partial charge in [0.1, 0.15) is 12.4 Å². The molecule has 0 saturated carbocycles. The molecule has 0 radical (unpaired) electrons. The molecule has 1 aromatic heterocycles. The Kier molecular flexibility index (Phi) is 11.2.